The van der Waals surface area contributed by atoms with E-state index in [4.69, 9.17) is 16.9 Å². The van der Waals surface area contributed by atoms with Gasteiger partial charge in [0, 0.05) is 12.0 Å². The summed E-state index contributed by atoms with van der Waals surface area (Å²) in [6.07, 6.45) is 0.918. The number of ether oxygens (including phenoxy) is 1. The van der Waals surface area contributed by atoms with Crippen molar-refractivity contribution in [3.05, 3.63) is 11.6 Å². The van der Waals surface area contributed by atoms with E-state index in [1.165, 1.54) is 6.92 Å². The second kappa shape index (κ2) is 5.40. The standard InChI is InChI=1S/C9H10ClNO3/c1-7(12)5-9(6-11,3-4-10)8(13)14-2/h3-4H,5H2,1-2H3/b4-3+/t9-/m0/s1. The number of halogens is 1. The molecule has 0 aliphatic carbocycles. The number of rotatable bonds is 4. The molecule has 0 aliphatic rings. The summed E-state index contributed by atoms with van der Waals surface area (Å²) < 4.78 is 4.44. The third-order valence-corrected chi connectivity index (χ3v) is 1.75. The molecule has 0 bridgehead atoms. The molecule has 0 N–H and O–H groups in total. The lowest BCUT2D eigenvalue weighted by atomic mass is 9.85. The molecule has 4 nitrogen and oxygen atoms in total. The Morgan fingerprint density at radius 3 is 2.50 bits per heavy atom. The molecule has 0 aromatic heterocycles. The van der Waals surface area contributed by atoms with E-state index >= 15 is 0 Å². The monoisotopic (exact) mass is 215 g/mol. The third-order valence-electron chi connectivity index (χ3n) is 1.62. The van der Waals surface area contributed by atoms with Crippen molar-refractivity contribution in [2.24, 2.45) is 5.41 Å². The number of esters is 1. The van der Waals surface area contributed by atoms with E-state index in [-0.39, 0.29) is 12.2 Å². The lowest BCUT2D eigenvalue weighted by Gasteiger charge is -2.17. The van der Waals surface area contributed by atoms with Gasteiger partial charge in [-0.3, -0.25) is 4.79 Å². The number of nitriles is 1. The van der Waals surface area contributed by atoms with Gasteiger partial charge in [-0.15, -0.1) is 0 Å². The van der Waals surface area contributed by atoms with Crippen LogP contribution in [0.5, 0.6) is 0 Å². The van der Waals surface area contributed by atoms with Crippen molar-refractivity contribution >= 4 is 23.4 Å². The van der Waals surface area contributed by atoms with E-state index < -0.39 is 11.4 Å². The summed E-state index contributed by atoms with van der Waals surface area (Å²) in [5.41, 5.74) is -0.564. The molecule has 0 aromatic carbocycles. The molecule has 1 atom stereocenters. The van der Waals surface area contributed by atoms with Gasteiger partial charge < -0.3 is 4.74 Å². The number of carbonyl (C=O) groups is 2. The summed E-state index contributed by atoms with van der Waals surface area (Å²) in [5, 5.41) is 8.85. The molecule has 0 rings (SSSR count). The Morgan fingerprint density at radius 2 is 2.21 bits per heavy atom. The van der Waals surface area contributed by atoms with Gasteiger partial charge in [0.05, 0.1) is 13.2 Å². The Labute approximate surface area is 87.1 Å². The van der Waals surface area contributed by atoms with Gasteiger partial charge in [-0.25, -0.2) is 4.79 Å². The zero-order chi connectivity index (χ0) is 11.2. The Hall–Kier alpha value is -1.34. The predicted molar refractivity (Wildman–Crippen MR) is 50.4 cm³/mol. The molecule has 76 valence electrons. The zero-order valence-corrected chi connectivity index (χ0v) is 8.67. The van der Waals surface area contributed by atoms with E-state index in [0.717, 1.165) is 18.7 Å². The van der Waals surface area contributed by atoms with E-state index in [9.17, 15) is 9.59 Å². The number of hydrogen-bond acceptors (Lipinski definition) is 4. The summed E-state index contributed by atoms with van der Waals surface area (Å²) in [7, 11) is 1.15. The van der Waals surface area contributed by atoms with Gasteiger partial charge in [0.25, 0.3) is 0 Å². The Balaban J connectivity index is 5.10. The Bertz CT molecular complexity index is 306. The lowest BCUT2D eigenvalue weighted by molar-refractivity contribution is -0.148. The average molecular weight is 216 g/mol. The molecule has 0 radical (unpaired) electrons. The summed E-state index contributed by atoms with van der Waals surface area (Å²) in [6, 6.07) is 1.73. The van der Waals surface area contributed by atoms with Crippen molar-refractivity contribution in [3.63, 3.8) is 0 Å². The van der Waals surface area contributed by atoms with Crippen LogP contribution in [0, 0.1) is 16.7 Å². The fraction of sp³-hybridized carbons (Fsp3) is 0.444. The van der Waals surface area contributed by atoms with Crippen LogP contribution in [0.2, 0.25) is 0 Å². The fourth-order valence-electron chi connectivity index (χ4n) is 1.00. The number of Topliss-reactive ketones (excluding diaryl/α,β-unsaturated/α-hetero) is 1. The second-order valence-corrected chi connectivity index (χ2v) is 3.00. The second-order valence-electron chi connectivity index (χ2n) is 2.75. The van der Waals surface area contributed by atoms with Crippen LogP contribution in [0.4, 0.5) is 0 Å². The van der Waals surface area contributed by atoms with Crippen LogP contribution in [0.15, 0.2) is 11.6 Å². The highest BCUT2D eigenvalue weighted by atomic mass is 35.5. The first-order chi connectivity index (χ1) is 6.52. The molecule has 0 saturated carbocycles. The molecule has 0 heterocycles. The molecule has 0 amide bonds. The highest BCUT2D eigenvalue weighted by molar-refractivity contribution is 6.25. The molecule has 0 unspecified atom stereocenters. The third kappa shape index (κ3) is 2.86. The molecule has 0 aromatic rings. The number of carbonyl (C=O) groups excluding carboxylic acids is 2. The molecule has 5 heteroatoms. The van der Waals surface area contributed by atoms with E-state index in [1.807, 2.05) is 0 Å². The van der Waals surface area contributed by atoms with Gasteiger partial charge in [0.15, 0.2) is 5.41 Å². The number of ketones is 1. The Morgan fingerprint density at radius 1 is 1.64 bits per heavy atom. The maximum Gasteiger partial charge on any atom is 0.330 e. The van der Waals surface area contributed by atoms with Gasteiger partial charge in [0.2, 0.25) is 0 Å². The van der Waals surface area contributed by atoms with Crippen molar-refractivity contribution in [1.29, 1.82) is 5.26 Å². The predicted octanol–water partition coefficient (Wildman–Crippen LogP) is 1.40. The summed E-state index contributed by atoms with van der Waals surface area (Å²) >= 11 is 5.30. The molecule has 14 heavy (non-hydrogen) atoms. The highest BCUT2D eigenvalue weighted by Crippen LogP contribution is 2.25. The first-order valence-electron chi connectivity index (χ1n) is 3.79. The summed E-state index contributed by atoms with van der Waals surface area (Å²) in [6.45, 7) is 1.29. The van der Waals surface area contributed by atoms with Gasteiger partial charge in [-0.2, -0.15) is 5.26 Å². The lowest BCUT2D eigenvalue weighted by Crippen LogP contribution is -2.30. The Kier molecular flexibility index (Phi) is 4.89. The largest absolute Gasteiger partial charge is 0.468 e. The maximum atomic E-state index is 11.3. The first kappa shape index (κ1) is 12.7. The minimum atomic E-state index is -1.59. The van der Waals surface area contributed by atoms with E-state index in [0.29, 0.717) is 0 Å². The molecular weight excluding hydrogens is 206 g/mol. The summed E-state index contributed by atoms with van der Waals surface area (Å²) in [4.78, 5) is 22.2. The van der Waals surface area contributed by atoms with Gasteiger partial charge in [0.1, 0.15) is 5.78 Å². The minimum absolute atomic E-state index is 0.237. The fourth-order valence-corrected chi connectivity index (χ4v) is 1.22. The molecule has 0 aliphatic heterocycles. The quantitative estimate of drug-likeness (QED) is 0.665. The minimum Gasteiger partial charge on any atom is -0.468 e. The van der Waals surface area contributed by atoms with Crippen LogP contribution in [0.3, 0.4) is 0 Å². The SMILES string of the molecule is COC(=O)[C@@](C#N)(/C=C/Cl)CC(C)=O. The van der Waals surface area contributed by atoms with Crippen molar-refractivity contribution in [1.82, 2.24) is 0 Å². The average Bonchev–Trinajstić information content (AvgIpc) is 2.15. The van der Waals surface area contributed by atoms with Crippen LogP contribution in [-0.4, -0.2) is 18.9 Å². The summed E-state index contributed by atoms with van der Waals surface area (Å²) in [5.74, 6) is -1.07. The van der Waals surface area contributed by atoms with Crippen LogP contribution in [0.1, 0.15) is 13.3 Å². The van der Waals surface area contributed by atoms with E-state index in [2.05, 4.69) is 4.74 Å². The van der Waals surface area contributed by atoms with Gasteiger partial charge in [-0.1, -0.05) is 11.6 Å². The van der Waals surface area contributed by atoms with Crippen molar-refractivity contribution in [3.8, 4) is 6.07 Å². The highest BCUT2D eigenvalue weighted by Gasteiger charge is 2.38. The smallest absolute Gasteiger partial charge is 0.330 e. The van der Waals surface area contributed by atoms with Crippen molar-refractivity contribution in [2.45, 2.75) is 13.3 Å². The molecule has 0 saturated heterocycles. The number of methoxy groups -OCH3 is 1. The molecule has 0 spiro atoms. The van der Waals surface area contributed by atoms with Gasteiger partial charge >= 0.3 is 5.97 Å². The maximum absolute atomic E-state index is 11.3. The number of hydrogen-bond donors (Lipinski definition) is 0. The van der Waals surface area contributed by atoms with Crippen molar-refractivity contribution in [2.75, 3.05) is 7.11 Å². The van der Waals surface area contributed by atoms with Crippen LogP contribution >= 0.6 is 11.6 Å². The van der Waals surface area contributed by atoms with Gasteiger partial charge in [-0.05, 0) is 13.0 Å². The molecule has 0 fully saturated rings. The molecular formula is C9H10ClNO3. The number of nitrogens with zero attached hydrogens (tertiary/aromatic N) is 1. The normalized spacial score (nSPS) is 14.4. The first-order valence-corrected chi connectivity index (χ1v) is 4.23. The van der Waals surface area contributed by atoms with E-state index in [1.54, 1.807) is 6.07 Å². The van der Waals surface area contributed by atoms with Crippen molar-refractivity contribution < 1.29 is 14.3 Å². The van der Waals surface area contributed by atoms with Crippen LogP contribution in [-0.2, 0) is 14.3 Å². The van der Waals surface area contributed by atoms with Crippen LogP contribution < -0.4 is 0 Å². The zero-order valence-electron chi connectivity index (χ0n) is 7.91. The van der Waals surface area contributed by atoms with Crippen LogP contribution in [0.25, 0.3) is 0 Å². The topological polar surface area (TPSA) is 67.2 Å².